The Morgan fingerprint density at radius 3 is 2.65 bits per heavy atom. The smallest absolute Gasteiger partial charge is 0.0403 e. The van der Waals surface area contributed by atoms with Crippen molar-refractivity contribution < 1.29 is 0 Å². The van der Waals surface area contributed by atoms with Gasteiger partial charge in [-0.3, -0.25) is 0 Å². The molecule has 0 N–H and O–H groups in total. The van der Waals surface area contributed by atoms with Crippen molar-refractivity contribution in [3.63, 3.8) is 0 Å². The largest absolute Gasteiger partial charge is 0.143 e. The summed E-state index contributed by atoms with van der Waals surface area (Å²) in [4.78, 5) is 3.65. The predicted octanol–water partition coefficient (Wildman–Crippen LogP) is 6.33. The van der Waals surface area contributed by atoms with Gasteiger partial charge < -0.3 is 0 Å². The third kappa shape index (κ3) is 6.13. The first-order valence-corrected chi connectivity index (χ1v) is 8.02. The standard InChI is InChI=1S/C15H22S2/c1-4-5-6-7-8-10-13(2)17-14(3)15-11-9-12-16-15/h9,11-12H,2-8,10H2,1H3. The molecule has 0 unspecified atom stereocenters. The molecule has 1 aromatic rings. The Labute approximate surface area is 114 Å². The zero-order chi connectivity index (χ0) is 12.5. The van der Waals surface area contributed by atoms with Crippen LogP contribution in [0.25, 0.3) is 4.91 Å². The first-order chi connectivity index (χ1) is 8.24. The van der Waals surface area contributed by atoms with Gasteiger partial charge in [-0.15, -0.1) is 11.3 Å². The van der Waals surface area contributed by atoms with Crippen molar-refractivity contribution in [2.24, 2.45) is 0 Å². The van der Waals surface area contributed by atoms with Crippen LogP contribution in [0.4, 0.5) is 0 Å². The highest BCUT2D eigenvalue weighted by atomic mass is 32.2. The fourth-order valence-corrected chi connectivity index (χ4v) is 3.26. The van der Waals surface area contributed by atoms with Gasteiger partial charge in [0.2, 0.25) is 0 Å². The molecule has 0 atom stereocenters. The number of thioether (sulfide) groups is 1. The van der Waals surface area contributed by atoms with Crippen molar-refractivity contribution in [2.45, 2.75) is 45.4 Å². The van der Waals surface area contributed by atoms with E-state index < -0.39 is 0 Å². The molecule has 0 saturated carbocycles. The van der Waals surface area contributed by atoms with Crippen molar-refractivity contribution in [3.05, 3.63) is 40.5 Å². The fraction of sp³-hybridized carbons (Fsp3) is 0.467. The average Bonchev–Trinajstić information content (AvgIpc) is 2.82. The highest BCUT2D eigenvalue weighted by Gasteiger charge is 2.03. The van der Waals surface area contributed by atoms with Crippen LogP contribution in [0.15, 0.2) is 35.6 Å². The normalized spacial score (nSPS) is 10.4. The van der Waals surface area contributed by atoms with Gasteiger partial charge in [0, 0.05) is 9.78 Å². The molecule has 0 spiro atoms. The Bertz CT molecular complexity index is 336. The Morgan fingerprint density at radius 1 is 1.24 bits per heavy atom. The van der Waals surface area contributed by atoms with Crippen LogP contribution < -0.4 is 0 Å². The SMILES string of the molecule is C=C(CCCCCCC)SC(=C)c1cccs1. The van der Waals surface area contributed by atoms with E-state index in [4.69, 9.17) is 0 Å². The van der Waals surface area contributed by atoms with Crippen LogP contribution in [-0.4, -0.2) is 0 Å². The Morgan fingerprint density at radius 2 is 2.00 bits per heavy atom. The van der Waals surface area contributed by atoms with Gasteiger partial charge in [-0.25, -0.2) is 0 Å². The number of thiophene rings is 1. The van der Waals surface area contributed by atoms with Gasteiger partial charge in [-0.1, -0.05) is 63.6 Å². The maximum atomic E-state index is 4.13. The Balaban J connectivity index is 2.15. The van der Waals surface area contributed by atoms with E-state index in [2.05, 4.69) is 37.6 Å². The van der Waals surface area contributed by atoms with E-state index >= 15 is 0 Å². The van der Waals surface area contributed by atoms with Crippen molar-refractivity contribution in [1.82, 2.24) is 0 Å². The third-order valence-corrected chi connectivity index (χ3v) is 4.64. The van der Waals surface area contributed by atoms with Crippen molar-refractivity contribution >= 4 is 28.0 Å². The van der Waals surface area contributed by atoms with E-state index in [9.17, 15) is 0 Å². The molecule has 2 heteroatoms. The lowest BCUT2D eigenvalue weighted by Crippen LogP contribution is -1.80. The lowest BCUT2D eigenvalue weighted by molar-refractivity contribution is 0.636. The predicted molar refractivity (Wildman–Crippen MR) is 83.5 cm³/mol. The maximum absolute atomic E-state index is 4.13. The van der Waals surface area contributed by atoms with E-state index in [1.54, 1.807) is 23.1 Å². The van der Waals surface area contributed by atoms with Crippen molar-refractivity contribution in [2.75, 3.05) is 0 Å². The molecular weight excluding hydrogens is 244 g/mol. The second-order valence-electron chi connectivity index (χ2n) is 4.21. The van der Waals surface area contributed by atoms with Gasteiger partial charge in [0.15, 0.2) is 0 Å². The molecule has 0 aromatic carbocycles. The first kappa shape index (κ1) is 14.6. The summed E-state index contributed by atoms with van der Waals surface area (Å²) in [6.45, 7) is 10.5. The van der Waals surface area contributed by atoms with Crippen LogP contribution in [0.5, 0.6) is 0 Å². The van der Waals surface area contributed by atoms with Crippen molar-refractivity contribution in [1.29, 1.82) is 0 Å². The van der Waals surface area contributed by atoms with Gasteiger partial charge in [-0.05, 0) is 29.2 Å². The molecule has 0 aliphatic heterocycles. The van der Waals surface area contributed by atoms with Crippen LogP contribution in [0.3, 0.4) is 0 Å². The molecule has 17 heavy (non-hydrogen) atoms. The molecule has 1 heterocycles. The Kier molecular flexibility index (Phi) is 7.38. The van der Waals surface area contributed by atoms with Gasteiger partial charge in [0.25, 0.3) is 0 Å². The minimum atomic E-state index is 1.12. The van der Waals surface area contributed by atoms with Crippen LogP contribution in [0, 0.1) is 0 Å². The quantitative estimate of drug-likeness (QED) is 0.471. The topological polar surface area (TPSA) is 0 Å². The highest BCUT2D eigenvalue weighted by Crippen LogP contribution is 2.35. The lowest BCUT2D eigenvalue weighted by Gasteiger charge is -2.06. The monoisotopic (exact) mass is 266 g/mol. The summed E-state index contributed by atoms with van der Waals surface area (Å²) in [5, 5.41) is 2.09. The first-order valence-electron chi connectivity index (χ1n) is 6.32. The number of hydrogen-bond acceptors (Lipinski definition) is 2. The highest BCUT2D eigenvalue weighted by molar-refractivity contribution is 8.11. The summed E-state index contributed by atoms with van der Waals surface area (Å²) in [5.74, 6) is 0. The molecule has 0 bridgehead atoms. The van der Waals surface area contributed by atoms with Gasteiger partial charge in [0.1, 0.15) is 0 Å². The van der Waals surface area contributed by atoms with Crippen molar-refractivity contribution in [3.8, 4) is 0 Å². The molecule has 0 fully saturated rings. The molecule has 1 rings (SSSR count). The van der Waals surface area contributed by atoms with Crippen LogP contribution >= 0.6 is 23.1 Å². The molecular formula is C15H22S2. The molecule has 94 valence electrons. The van der Waals surface area contributed by atoms with E-state index in [1.165, 1.54) is 41.9 Å². The maximum Gasteiger partial charge on any atom is 0.0403 e. The Hall–Kier alpha value is -0.470. The summed E-state index contributed by atoms with van der Waals surface area (Å²) in [6.07, 6.45) is 7.76. The fourth-order valence-electron chi connectivity index (χ4n) is 1.64. The number of hydrogen-bond donors (Lipinski definition) is 0. The van der Waals surface area contributed by atoms with E-state index in [1.807, 2.05) is 0 Å². The molecule has 0 aliphatic rings. The third-order valence-electron chi connectivity index (χ3n) is 2.62. The minimum absolute atomic E-state index is 1.12. The van der Waals surface area contributed by atoms with Gasteiger partial charge in [0.05, 0.1) is 0 Å². The number of rotatable bonds is 9. The molecule has 1 aromatic heterocycles. The molecule has 0 amide bonds. The summed E-state index contributed by atoms with van der Waals surface area (Å²) >= 11 is 3.49. The summed E-state index contributed by atoms with van der Waals surface area (Å²) < 4.78 is 0. The van der Waals surface area contributed by atoms with E-state index in [-0.39, 0.29) is 0 Å². The summed E-state index contributed by atoms with van der Waals surface area (Å²) in [6, 6.07) is 4.19. The van der Waals surface area contributed by atoms with Crippen LogP contribution in [-0.2, 0) is 0 Å². The number of allylic oxidation sites excluding steroid dienone is 1. The minimum Gasteiger partial charge on any atom is -0.143 e. The molecule has 0 nitrogen and oxygen atoms in total. The second-order valence-corrected chi connectivity index (χ2v) is 6.43. The van der Waals surface area contributed by atoms with E-state index in [0.29, 0.717) is 0 Å². The zero-order valence-corrected chi connectivity index (χ0v) is 12.3. The average molecular weight is 266 g/mol. The zero-order valence-electron chi connectivity index (χ0n) is 10.7. The lowest BCUT2D eigenvalue weighted by atomic mass is 10.1. The number of unbranched alkanes of at least 4 members (excludes halogenated alkanes) is 4. The molecule has 0 saturated heterocycles. The second kappa shape index (κ2) is 8.60. The van der Waals surface area contributed by atoms with E-state index in [0.717, 1.165) is 11.3 Å². The summed E-state index contributed by atoms with van der Waals surface area (Å²) in [5.41, 5.74) is 0. The molecule has 0 radical (unpaired) electrons. The van der Waals surface area contributed by atoms with Crippen LogP contribution in [0.2, 0.25) is 0 Å². The van der Waals surface area contributed by atoms with Gasteiger partial charge >= 0.3 is 0 Å². The van der Waals surface area contributed by atoms with Gasteiger partial charge in [-0.2, -0.15) is 0 Å². The summed E-state index contributed by atoms with van der Waals surface area (Å²) in [7, 11) is 0. The van der Waals surface area contributed by atoms with Crippen LogP contribution in [0.1, 0.15) is 50.3 Å². The molecule has 0 aliphatic carbocycles.